The van der Waals surface area contributed by atoms with Crippen molar-refractivity contribution >= 4 is 0 Å². The number of allylic oxidation sites excluding steroid dienone is 2. The number of aromatic amines is 2. The van der Waals surface area contributed by atoms with Gasteiger partial charge in [-0.05, 0) is 13.8 Å². The van der Waals surface area contributed by atoms with Gasteiger partial charge in [0.2, 0.25) is 0 Å². The molecule has 2 aromatic heterocycles. The van der Waals surface area contributed by atoms with Crippen LogP contribution in [0.3, 0.4) is 0 Å². The van der Waals surface area contributed by atoms with E-state index in [1.165, 1.54) is 0 Å². The normalized spacial score (nSPS) is 10.6. The molecule has 2 aromatic rings. The maximum absolute atomic E-state index is 4.59. The van der Waals surface area contributed by atoms with Crippen LogP contribution in [-0.2, 0) is 19.3 Å². The number of imidazole rings is 2. The maximum atomic E-state index is 4.59. The summed E-state index contributed by atoms with van der Waals surface area (Å²) in [6, 6.07) is 0. The fourth-order valence-corrected chi connectivity index (χ4v) is 2.10. The lowest BCUT2D eigenvalue weighted by Gasteiger charge is -1.96. The Morgan fingerprint density at radius 2 is 1.32 bits per heavy atom. The second kappa shape index (κ2) is 5.69. The molecule has 2 rings (SSSR count). The summed E-state index contributed by atoms with van der Waals surface area (Å²) in [5, 5.41) is 0. The molecule has 0 aromatic carbocycles. The first kappa shape index (κ1) is 13.3. The van der Waals surface area contributed by atoms with Crippen LogP contribution in [0.2, 0.25) is 0 Å². The van der Waals surface area contributed by atoms with E-state index in [-0.39, 0.29) is 0 Å². The molecule has 0 aliphatic rings. The summed E-state index contributed by atoms with van der Waals surface area (Å²) >= 11 is 0. The fraction of sp³-hybridized carbons (Fsp3) is 0.333. The Labute approximate surface area is 113 Å². The number of nitrogens with one attached hydrogen (secondary N) is 2. The van der Waals surface area contributed by atoms with Gasteiger partial charge < -0.3 is 9.97 Å². The number of hydrogen-bond acceptors (Lipinski definition) is 2. The van der Waals surface area contributed by atoms with Crippen LogP contribution in [0.1, 0.15) is 34.4 Å². The minimum absolute atomic E-state index is 0.749. The van der Waals surface area contributed by atoms with Crippen LogP contribution in [-0.4, -0.2) is 19.9 Å². The number of nitrogens with zero attached hydrogens (tertiary/aromatic N) is 2. The van der Waals surface area contributed by atoms with Gasteiger partial charge in [0.15, 0.2) is 0 Å². The third-order valence-corrected chi connectivity index (χ3v) is 3.08. The van der Waals surface area contributed by atoms with E-state index in [1.54, 1.807) is 0 Å². The van der Waals surface area contributed by atoms with Crippen molar-refractivity contribution < 1.29 is 0 Å². The molecule has 0 spiro atoms. The van der Waals surface area contributed by atoms with Crippen LogP contribution in [0.25, 0.3) is 0 Å². The third kappa shape index (κ3) is 3.02. The number of H-pyrrole nitrogens is 2. The van der Waals surface area contributed by atoms with Gasteiger partial charge in [-0.15, -0.1) is 13.2 Å². The molecule has 0 fully saturated rings. The van der Waals surface area contributed by atoms with Crippen LogP contribution in [0.5, 0.6) is 0 Å². The Kier molecular flexibility index (Phi) is 4.00. The molecule has 0 atom stereocenters. The van der Waals surface area contributed by atoms with E-state index in [0.29, 0.717) is 0 Å². The summed E-state index contributed by atoms with van der Waals surface area (Å²) < 4.78 is 0. The standard InChI is InChI=1S/C15H20N4/c1-5-7-14-16-10(3)12(18-14)9-13-11(4)17-15(19-13)8-6-2/h5-6H,1-2,7-9H2,3-4H3,(H,16,18)(H,17,19). The van der Waals surface area contributed by atoms with Crippen molar-refractivity contribution in [2.24, 2.45) is 0 Å². The topological polar surface area (TPSA) is 57.4 Å². The van der Waals surface area contributed by atoms with Gasteiger partial charge in [0.25, 0.3) is 0 Å². The van der Waals surface area contributed by atoms with Gasteiger partial charge in [0.1, 0.15) is 11.6 Å². The van der Waals surface area contributed by atoms with Crippen molar-refractivity contribution in [2.75, 3.05) is 0 Å². The van der Waals surface area contributed by atoms with Crippen molar-refractivity contribution in [3.05, 3.63) is 59.7 Å². The van der Waals surface area contributed by atoms with E-state index in [4.69, 9.17) is 0 Å². The Morgan fingerprint density at radius 1 is 0.895 bits per heavy atom. The second-order valence-corrected chi connectivity index (χ2v) is 4.67. The van der Waals surface area contributed by atoms with E-state index in [1.807, 2.05) is 26.0 Å². The summed E-state index contributed by atoms with van der Waals surface area (Å²) in [6.45, 7) is 11.5. The molecular formula is C15H20N4. The average Bonchev–Trinajstić information content (AvgIpc) is 2.86. The molecule has 100 valence electrons. The first-order valence-electron chi connectivity index (χ1n) is 6.44. The van der Waals surface area contributed by atoms with Gasteiger partial charge in [-0.25, -0.2) is 9.97 Å². The van der Waals surface area contributed by atoms with Gasteiger partial charge in [-0.3, -0.25) is 0 Å². The molecular weight excluding hydrogens is 236 g/mol. The Balaban J connectivity index is 2.20. The zero-order valence-electron chi connectivity index (χ0n) is 11.6. The Bertz CT molecular complexity index is 537. The molecule has 4 heteroatoms. The Morgan fingerprint density at radius 3 is 1.68 bits per heavy atom. The highest BCUT2D eigenvalue weighted by molar-refractivity contribution is 5.24. The van der Waals surface area contributed by atoms with Crippen LogP contribution >= 0.6 is 0 Å². The number of hydrogen-bond donors (Lipinski definition) is 2. The van der Waals surface area contributed by atoms with Gasteiger partial charge >= 0.3 is 0 Å². The number of aryl methyl sites for hydroxylation is 2. The van der Waals surface area contributed by atoms with E-state index in [2.05, 4.69) is 33.1 Å². The summed E-state index contributed by atoms with van der Waals surface area (Å²) in [5.41, 5.74) is 4.31. The zero-order chi connectivity index (χ0) is 13.8. The molecule has 0 aliphatic heterocycles. The molecule has 0 bridgehead atoms. The highest BCUT2D eigenvalue weighted by Gasteiger charge is 2.11. The molecule has 4 nitrogen and oxygen atoms in total. The first-order chi connectivity index (χ1) is 9.13. The van der Waals surface area contributed by atoms with Crippen LogP contribution in [0, 0.1) is 13.8 Å². The van der Waals surface area contributed by atoms with Crippen molar-refractivity contribution in [3.8, 4) is 0 Å². The lowest BCUT2D eigenvalue weighted by Crippen LogP contribution is -1.94. The fourth-order valence-electron chi connectivity index (χ4n) is 2.10. The lowest BCUT2D eigenvalue weighted by molar-refractivity contribution is 0.981. The van der Waals surface area contributed by atoms with E-state index in [0.717, 1.165) is 53.7 Å². The van der Waals surface area contributed by atoms with Crippen LogP contribution in [0.4, 0.5) is 0 Å². The highest BCUT2D eigenvalue weighted by atomic mass is 15.0. The van der Waals surface area contributed by atoms with E-state index >= 15 is 0 Å². The summed E-state index contributed by atoms with van der Waals surface area (Å²) in [5.74, 6) is 1.92. The molecule has 2 N–H and O–H groups in total. The second-order valence-electron chi connectivity index (χ2n) is 4.67. The van der Waals surface area contributed by atoms with Crippen molar-refractivity contribution in [3.63, 3.8) is 0 Å². The molecule has 0 radical (unpaired) electrons. The maximum Gasteiger partial charge on any atom is 0.110 e. The van der Waals surface area contributed by atoms with Crippen LogP contribution < -0.4 is 0 Å². The number of aromatic nitrogens is 4. The van der Waals surface area contributed by atoms with Crippen molar-refractivity contribution in [2.45, 2.75) is 33.1 Å². The van der Waals surface area contributed by atoms with Gasteiger partial charge in [-0.2, -0.15) is 0 Å². The first-order valence-corrected chi connectivity index (χ1v) is 6.44. The monoisotopic (exact) mass is 256 g/mol. The van der Waals surface area contributed by atoms with E-state index < -0.39 is 0 Å². The molecule has 0 saturated heterocycles. The average molecular weight is 256 g/mol. The molecule has 19 heavy (non-hydrogen) atoms. The molecule has 0 aliphatic carbocycles. The Hall–Kier alpha value is -2.10. The molecule has 0 saturated carbocycles. The van der Waals surface area contributed by atoms with Crippen molar-refractivity contribution in [1.29, 1.82) is 0 Å². The lowest BCUT2D eigenvalue weighted by atomic mass is 10.2. The summed E-state index contributed by atoms with van der Waals surface area (Å²) in [7, 11) is 0. The summed E-state index contributed by atoms with van der Waals surface area (Å²) in [6.07, 6.45) is 5.98. The van der Waals surface area contributed by atoms with Gasteiger partial charge in [0.05, 0.1) is 11.4 Å². The predicted molar refractivity (Wildman–Crippen MR) is 77.3 cm³/mol. The third-order valence-electron chi connectivity index (χ3n) is 3.08. The van der Waals surface area contributed by atoms with Gasteiger partial charge in [0, 0.05) is 30.7 Å². The van der Waals surface area contributed by atoms with Gasteiger partial charge in [-0.1, -0.05) is 12.2 Å². The minimum atomic E-state index is 0.749. The SMILES string of the molecule is C=CCc1nc(Cc2nc(CC=C)[nH]c2C)c(C)[nH]1. The smallest absolute Gasteiger partial charge is 0.110 e. The zero-order valence-corrected chi connectivity index (χ0v) is 11.6. The molecule has 2 heterocycles. The molecule has 0 amide bonds. The van der Waals surface area contributed by atoms with Crippen molar-refractivity contribution in [1.82, 2.24) is 19.9 Å². The number of rotatable bonds is 6. The summed E-state index contributed by atoms with van der Waals surface area (Å²) in [4.78, 5) is 15.7. The van der Waals surface area contributed by atoms with Crippen LogP contribution in [0.15, 0.2) is 25.3 Å². The predicted octanol–water partition coefficient (Wildman–Crippen LogP) is 2.80. The highest BCUT2D eigenvalue weighted by Crippen LogP contribution is 2.14. The van der Waals surface area contributed by atoms with E-state index in [9.17, 15) is 0 Å². The largest absolute Gasteiger partial charge is 0.346 e. The molecule has 0 unspecified atom stereocenters. The minimum Gasteiger partial charge on any atom is -0.346 e. The quantitative estimate of drug-likeness (QED) is 0.781.